The summed E-state index contributed by atoms with van der Waals surface area (Å²) in [7, 11) is 0. The summed E-state index contributed by atoms with van der Waals surface area (Å²) in [6.07, 6.45) is 3.20. The molecule has 1 N–H and O–H groups in total. The number of allylic oxidation sites excluding steroid dienone is 1. The summed E-state index contributed by atoms with van der Waals surface area (Å²) in [5.41, 5.74) is 2.40. The fourth-order valence-corrected chi connectivity index (χ4v) is 1.82. The van der Waals surface area contributed by atoms with Crippen LogP contribution in [0.1, 0.15) is 39.7 Å². The summed E-state index contributed by atoms with van der Waals surface area (Å²) in [6.45, 7) is 11.3. The second kappa shape index (κ2) is 9.43. The minimum absolute atomic E-state index is 0.577. The van der Waals surface area contributed by atoms with E-state index < -0.39 is 0 Å². The van der Waals surface area contributed by atoms with Crippen LogP contribution >= 0.6 is 0 Å². The Morgan fingerprint density at radius 2 is 2.00 bits per heavy atom. The van der Waals surface area contributed by atoms with Crippen molar-refractivity contribution in [2.45, 2.75) is 40.7 Å². The second-order valence-electron chi connectivity index (χ2n) is 4.95. The van der Waals surface area contributed by atoms with Gasteiger partial charge in [-0.25, -0.2) is 0 Å². The normalized spacial score (nSPS) is 10.2. The van der Waals surface area contributed by atoms with Gasteiger partial charge < -0.3 is 14.8 Å². The van der Waals surface area contributed by atoms with Gasteiger partial charge in [0, 0.05) is 12.1 Å². The van der Waals surface area contributed by atoms with E-state index in [1.54, 1.807) is 0 Å². The van der Waals surface area contributed by atoms with Crippen LogP contribution in [-0.2, 0) is 6.54 Å². The molecular weight excluding hydrogens is 250 g/mol. The zero-order chi connectivity index (χ0) is 14.8. The van der Waals surface area contributed by atoms with Crippen molar-refractivity contribution >= 4 is 0 Å². The van der Waals surface area contributed by atoms with E-state index in [0.29, 0.717) is 13.2 Å². The first-order valence-corrected chi connectivity index (χ1v) is 7.40. The first kappa shape index (κ1) is 16.6. The average molecular weight is 277 g/mol. The van der Waals surface area contributed by atoms with Gasteiger partial charge in [0.15, 0.2) is 11.5 Å². The lowest BCUT2D eigenvalue weighted by molar-refractivity contribution is 0.293. The van der Waals surface area contributed by atoms with Gasteiger partial charge in [-0.3, -0.25) is 0 Å². The van der Waals surface area contributed by atoms with Gasteiger partial charge in [0.25, 0.3) is 0 Å². The molecule has 0 atom stereocenters. The summed E-state index contributed by atoms with van der Waals surface area (Å²) in [4.78, 5) is 0. The fraction of sp³-hybridized carbons (Fsp3) is 0.529. The number of hydrogen-bond donors (Lipinski definition) is 1. The Morgan fingerprint density at radius 3 is 2.65 bits per heavy atom. The third-order valence-electron chi connectivity index (χ3n) is 2.82. The van der Waals surface area contributed by atoms with Crippen LogP contribution < -0.4 is 14.8 Å². The van der Waals surface area contributed by atoms with Crippen molar-refractivity contribution in [3.63, 3.8) is 0 Å². The molecule has 0 amide bonds. The third kappa shape index (κ3) is 5.66. The largest absolute Gasteiger partial charge is 0.490 e. The third-order valence-corrected chi connectivity index (χ3v) is 2.82. The Hall–Kier alpha value is -1.48. The second-order valence-corrected chi connectivity index (χ2v) is 4.95. The summed E-state index contributed by atoms with van der Waals surface area (Å²) in [5.74, 6) is 1.68. The van der Waals surface area contributed by atoms with Gasteiger partial charge in [0.1, 0.15) is 6.61 Å². The van der Waals surface area contributed by atoms with E-state index in [-0.39, 0.29) is 0 Å². The Morgan fingerprint density at radius 1 is 1.20 bits per heavy atom. The summed E-state index contributed by atoms with van der Waals surface area (Å²) >= 11 is 0. The number of ether oxygens (including phenoxy) is 2. The highest BCUT2D eigenvalue weighted by Gasteiger charge is 2.10. The van der Waals surface area contributed by atoms with Gasteiger partial charge in [0.2, 0.25) is 0 Å². The maximum atomic E-state index is 5.92. The van der Waals surface area contributed by atoms with E-state index in [0.717, 1.165) is 36.6 Å². The van der Waals surface area contributed by atoms with Crippen molar-refractivity contribution < 1.29 is 9.47 Å². The zero-order valence-electron chi connectivity index (χ0n) is 13.2. The van der Waals surface area contributed by atoms with Crippen LogP contribution in [0, 0.1) is 0 Å². The zero-order valence-corrected chi connectivity index (χ0v) is 13.2. The van der Waals surface area contributed by atoms with Crippen LogP contribution in [0.15, 0.2) is 29.8 Å². The SMILES string of the molecule is CCCNCc1cccc(OCC)c1OCC=C(C)C. The number of para-hydroxylation sites is 1. The van der Waals surface area contributed by atoms with E-state index in [1.807, 2.05) is 19.1 Å². The Kier molecular flexibility index (Phi) is 7.81. The molecule has 0 unspecified atom stereocenters. The van der Waals surface area contributed by atoms with Crippen molar-refractivity contribution in [2.75, 3.05) is 19.8 Å². The van der Waals surface area contributed by atoms with E-state index >= 15 is 0 Å². The van der Waals surface area contributed by atoms with Crippen LogP contribution in [0.4, 0.5) is 0 Å². The Balaban J connectivity index is 2.84. The predicted molar refractivity (Wildman–Crippen MR) is 84.5 cm³/mol. The molecule has 1 aromatic rings. The van der Waals surface area contributed by atoms with E-state index in [9.17, 15) is 0 Å². The maximum Gasteiger partial charge on any atom is 0.166 e. The first-order valence-electron chi connectivity index (χ1n) is 7.40. The molecule has 0 bridgehead atoms. The molecule has 0 aliphatic heterocycles. The summed E-state index contributed by atoms with van der Waals surface area (Å²) < 4.78 is 11.6. The maximum absolute atomic E-state index is 5.92. The quantitative estimate of drug-likeness (QED) is 0.548. The van der Waals surface area contributed by atoms with Crippen LogP contribution in [0.2, 0.25) is 0 Å². The molecule has 0 radical (unpaired) electrons. The van der Waals surface area contributed by atoms with Gasteiger partial charge in [-0.05, 0) is 45.9 Å². The first-order chi connectivity index (χ1) is 9.69. The highest BCUT2D eigenvalue weighted by molar-refractivity contribution is 5.46. The predicted octanol–water partition coefficient (Wildman–Crippen LogP) is 3.93. The van der Waals surface area contributed by atoms with Crippen molar-refractivity contribution in [3.8, 4) is 11.5 Å². The number of nitrogens with one attached hydrogen (secondary N) is 1. The molecule has 0 heterocycles. The van der Waals surface area contributed by atoms with Crippen LogP contribution in [0.5, 0.6) is 11.5 Å². The van der Waals surface area contributed by atoms with Crippen LogP contribution in [-0.4, -0.2) is 19.8 Å². The van der Waals surface area contributed by atoms with E-state index in [4.69, 9.17) is 9.47 Å². The van der Waals surface area contributed by atoms with Crippen molar-refractivity contribution in [3.05, 3.63) is 35.4 Å². The van der Waals surface area contributed by atoms with Gasteiger partial charge in [0.05, 0.1) is 6.61 Å². The minimum atomic E-state index is 0.577. The number of benzene rings is 1. The molecule has 20 heavy (non-hydrogen) atoms. The van der Waals surface area contributed by atoms with E-state index in [1.165, 1.54) is 5.57 Å². The molecule has 1 rings (SSSR count). The Labute approximate surface area is 123 Å². The van der Waals surface area contributed by atoms with Gasteiger partial charge in [-0.15, -0.1) is 0 Å². The van der Waals surface area contributed by atoms with Crippen LogP contribution in [0.3, 0.4) is 0 Å². The summed E-state index contributed by atoms with van der Waals surface area (Å²) in [6, 6.07) is 6.06. The molecule has 1 aromatic carbocycles. The lowest BCUT2D eigenvalue weighted by Gasteiger charge is -2.15. The standard InChI is InChI=1S/C17H27NO2/c1-5-11-18-13-15-8-7-9-16(19-6-2)17(15)20-12-10-14(3)4/h7-10,18H,5-6,11-13H2,1-4H3. The molecule has 0 saturated heterocycles. The molecule has 0 aliphatic rings. The Bertz CT molecular complexity index is 423. The highest BCUT2D eigenvalue weighted by atomic mass is 16.5. The average Bonchev–Trinajstić information content (AvgIpc) is 2.41. The molecule has 3 heteroatoms. The monoisotopic (exact) mass is 277 g/mol. The molecular formula is C17H27NO2. The van der Waals surface area contributed by atoms with Crippen molar-refractivity contribution in [1.82, 2.24) is 5.32 Å². The topological polar surface area (TPSA) is 30.5 Å². The smallest absolute Gasteiger partial charge is 0.166 e. The lowest BCUT2D eigenvalue weighted by Crippen LogP contribution is -2.15. The van der Waals surface area contributed by atoms with Gasteiger partial charge in [-0.2, -0.15) is 0 Å². The molecule has 0 aromatic heterocycles. The molecule has 0 aliphatic carbocycles. The molecule has 0 fully saturated rings. The van der Waals surface area contributed by atoms with Crippen molar-refractivity contribution in [2.24, 2.45) is 0 Å². The lowest BCUT2D eigenvalue weighted by atomic mass is 10.2. The fourth-order valence-electron chi connectivity index (χ4n) is 1.82. The van der Waals surface area contributed by atoms with Crippen molar-refractivity contribution in [1.29, 1.82) is 0 Å². The molecule has 112 valence electrons. The molecule has 0 saturated carbocycles. The molecule has 0 spiro atoms. The minimum Gasteiger partial charge on any atom is -0.490 e. The number of rotatable bonds is 9. The molecule has 3 nitrogen and oxygen atoms in total. The van der Waals surface area contributed by atoms with Gasteiger partial charge >= 0.3 is 0 Å². The summed E-state index contributed by atoms with van der Waals surface area (Å²) in [5, 5.41) is 3.41. The number of hydrogen-bond acceptors (Lipinski definition) is 3. The van der Waals surface area contributed by atoms with E-state index in [2.05, 4.69) is 38.2 Å². The van der Waals surface area contributed by atoms with Gasteiger partial charge in [-0.1, -0.05) is 24.6 Å². The highest BCUT2D eigenvalue weighted by Crippen LogP contribution is 2.31. The van der Waals surface area contributed by atoms with Crippen LogP contribution in [0.25, 0.3) is 0 Å².